The number of carbonyl (C=O) groups excluding carboxylic acids is 2. The third kappa shape index (κ3) is 4.46. The fourth-order valence-corrected chi connectivity index (χ4v) is 3.10. The molecule has 5 atom stereocenters. The molecule has 1 aliphatic rings. The summed E-state index contributed by atoms with van der Waals surface area (Å²) in [5, 5.41) is 41.7. The van der Waals surface area contributed by atoms with Crippen molar-refractivity contribution in [3.8, 4) is 0 Å². The first-order valence-corrected chi connectivity index (χ1v) is 8.70. The highest BCUT2D eigenvalue weighted by Gasteiger charge is 2.46. The molecule has 1 aromatic carbocycles. The van der Waals surface area contributed by atoms with Gasteiger partial charge in [-0.25, -0.2) is 0 Å². The fourth-order valence-electron chi connectivity index (χ4n) is 3.10. The van der Waals surface area contributed by atoms with Crippen molar-refractivity contribution in [2.24, 2.45) is 0 Å². The van der Waals surface area contributed by atoms with E-state index in [1.54, 1.807) is 6.92 Å². The maximum atomic E-state index is 12.7. The molecular formula is C18H26N2O6. The molecule has 8 nitrogen and oxygen atoms in total. The number of carbonyl (C=O) groups is 2. The summed E-state index contributed by atoms with van der Waals surface area (Å²) in [4.78, 5) is 26.2. The Morgan fingerprint density at radius 1 is 1.08 bits per heavy atom. The molecule has 1 heterocycles. The molecule has 26 heavy (non-hydrogen) atoms. The largest absolute Gasteiger partial charge is 0.395 e. The first-order valence-electron chi connectivity index (χ1n) is 8.70. The van der Waals surface area contributed by atoms with Gasteiger partial charge in [0.2, 0.25) is 11.8 Å². The first kappa shape index (κ1) is 20.5. The lowest BCUT2D eigenvalue weighted by Crippen LogP contribution is -2.69. The number of nitrogens with one attached hydrogen (secondary N) is 1. The van der Waals surface area contributed by atoms with Crippen LogP contribution in [0.5, 0.6) is 0 Å². The highest BCUT2D eigenvalue weighted by molar-refractivity contribution is 5.98. The van der Waals surface area contributed by atoms with Gasteiger partial charge in [0.1, 0.15) is 24.4 Å². The topological polar surface area (TPSA) is 130 Å². The van der Waals surface area contributed by atoms with E-state index in [9.17, 15) is 30.0 Å². The van der Waals surface area contributed by atoms with Gasteiger partial charge in [0.15, 0.2) is 0 Å². The number of piperidine rings is 1. The Kier molecular flexibility index (Phi) is 7.24. The van der Waals surface area contributed by atoms with Gasteiger partial charge in [-0.1, -0.05) is 30.3 Å². The van der Waals surface area contributed by atoms with Crippen molar-refractivity contribution in [1.29, 1.82) is 0 Å². The Hall–Kier alpha value is -1.84. The lowest BCUT2D eigenvalue weighted by molar-refractivity contribution is -0.158. The van der Waals surface area contributed by atoms with E-state index in [1.807, 2.05) is 30.3 Å². The molecule has 0 bridgehead atoms. The molecule has 0 saturated carbocycles. The SMILES string of the molecule is CCN(C(=O)CCc1ccccc1)C(=O)[C@H]1N[C@H](CO)[C@@H](O)[C@H](O)[C@@H]1O. The van der Waals surface area contributed by atoms with Gasteiger partial charge in [0.05, 0.1) is 12.6 Å². The zero-order chi connectivity index (χ0) is 19.3. The quantitative estimate of drug-likeness (QED) is 0.410. The number of nitrogens with zero attached hydrogens (tertiary/aromatic N) is 1. The van der Waals surface area contributed by atoms with Crippen molar-refractivity contribution in [3.63, 3.8) is 0 Å². The van der Waals surface area contributed by atoms with Gasteiger partial charge in [-0.05, 0) is 18.9 Å². The normalized spacial score (nSPS) is 28.6. The van der Waals surface area contributed by atoms with Crippen LogP contribution in [0.25, 0.3) is 0 Å². The molecule has 1 fully saturated rings. The monoisotopic (exact) mass is 366 g/mol. The number of hydrogen-bond acceptors (Lipinski definition) is 7. The van der Waals surface area contributed by atoms with Crippen LogP contribution in [0.2, 0.25) is 0 Å². The van der Waals surface area contributed by atoms with Crippen molar-refractivity contribution in [2.75, 3.05) is 13.2 Å². The van der Waals surface area contributed by atoms with E-state index in [1.165, 1.54) is 0 Å². The van der Waals surface area contributed by atoms with E-state index in [4.69, 9.17) is 0 Å². The number of aliphatic hydroxyl groups is 4. The Morgan fingerprint density at radius 2 is 1.73 bits per heavy atom. The standard InChI is InChI=1S/C18H26N2O6/c1-2-20(13(22)9-8-11-6-4-3-5-7-11)18(26)14-16(24)17(25)15(23)12(10-21)19-14/h3-7,12,14-17,19,21,23-25H,2,8-10H2,1H3/t12-,14+,15-,16-,17+/m1/s1. The third-order valence-electron chi connectivity index (χ3n) is 4.66. The lowest BCUT2D eigenvalue weighted by atomic mass is 9.89. The number of likely N-dealkylation sites (N-methyl/N-ethyl adjacent to an activating group) is 1. The van der Waals surface area contributed by atoms with E-state index >= 15 is 0 Å². The molecule has 8 heteroatoms. The van der Waals surface area contributed by atoms with Crippen LogP contribution in [0.15, 0.2) is 30.3 Å². The van der Waals surface area contributed by atoms with Gasteiger partial charge in [0, 0.05) is 13.0 Å². The van der Waals surface area contributed by atoms with Crippen molar-refractivity contribution >= 4 is 11.8 Å². The highest BCUT2D eigenvalue weighted by atomic mass is 16.4. The van der Waals surface area contributed by atoms with Crippen molar-refractivity contribution in [2.45, 2.75) is 50.2 Å². The number of aliphatic hydroxyl groups excluding tert-OH is 4. The molecule has 1 aromatic rings. The van der Waals surface area contributed by atoms with E-state index in [-0.39, 0.29) is 13.0 Å². The Balaban J connectivity index is 2.05. The van der Waals surface area contributed by atoms with Gasteiger partial charge >= 0.3 is 0 Å². The molecule has 5 N–H and O–H groups in total. The summed E-state index contributed by atoms with van der Waals surface area (Å²) in [6.07, 6.45) is -3.99. The average Bonchev–Trinajstić information content (AvgIpc) is 2.66. The van der Waals surface area contributed by atoms with Gasteiger partial charge in [0.25, 0.3) is 0 Å². The van der Waals surface area contributed by atoms with Gasteiger partial charge in [-0.15, -0.1) is 0 Å². The second-order valence-electron chi connectivity index (χ2n) is 6.37. The van der Waals surface area contributed by atoms with Crippen LogP contribution in [-0.4, -0.2) is 80.7 Å². The number of hydrogen-bond donors (Lipinski definition) is 5. The molecule has 0 unspecified atom stereocenters. The van der Waals surface area contributed by atoms with Gasteiger partial charge in [-0.3, -0.25) is 19.8 Å². The summed E-state index contributed by atoms with van der Waals surface area (Å²) >= 11 is 0. The van der Waals surface area contributed by atoms with Crippen LogP contribution in [-0.2, 0) is 16.0 Å². The van der Waals surface area contributed by atoms with Crippen molar-refractivity contribution in [1.82, 2.24) is 10.2 Å². The minimum absolute atomic E-state index is 0.111. The van der Waals surface area contributed by atoms with E-state index in [0.717, 1.165) is 10.5 Å². The summed E-state index contributed by atoms with van der Waals surface area (Å²) in [6.45, 7) is 1.23. The van der Waals surface area contributed by atoms with Gasteiger partial charge < -0.3 is 20.4 Å². The number of amides is 2. The highest BCUT2D eigenvalue weighted by Crippen LogP contribution is 2.18. The minimum Gasteiger partial charge on any atom is -0.395 e. The lowest BCUT2D eigenvalue weighted by Gasteiger charge is -2.41. The fraction of sp³-hybridized carbons (Fsp3) is 0.556. The van der Waals surface area contributed by atoms with Crippen molar-refractivity contribution < 1.29 is 30.0 Å². The smallest absolute Gasteiger partial charge is 0.249 e. The Bertz CT molecular complexity index is 609. The Morgan fingerprint density at radius 3 is 2.31 bits per heavy atom. The predicted molar refractivity (Wildman–Crippen MR) is 93.0 cm³/mol. The number of rotatable bonds is 6. The second kappa shape index (κ2) is 9.20. The van der Waals surface area contributed by atoms with Crippen LogP contribution in [0.1, 0.15) is 18.9 Å². The predicted octanol–water partition coefficient (Wildman–Crippen LogP) is -1.59. The molecule has 2 amide bonds. The minimum atomic E-state index is -1.60. The third-order valence-corrected chi connectivity index (χ3v) is 4.66. The summed E-state index contributed by atoms with van der Waals surface area (Å²) < 4.78 is 0. The van der Waals surface area contributed by atoms with Gasteiger partial charge in [-0.2, -0.15) is 0 Å². The summed E-state index contributed by atoms with van der Waals surface area (Å²) in [5.74, 6) is -1.08. The molecule has 0 aliphatic carbocycles. The Labute approximate surface area is 152 Å². The number of benzene rings is 1. The van der Waals surface area contributed by atoms with Crippen LogP contribution >= 0.6 is 0 Å². The van der Waals surface area contributed by atoms with Crippen LogP contribution in [0, 0.1) is 0 Å². The van der Waals surface area contributed by atoms with E-state index in [2.05, 4.69) is 5.32 Å². The number of aryl methyl sites for hydroxylation is 1. The molecule has 2 rings (SSSR count). The van der Waals surface area contributed by atoms with E-state index in [0.29, 0.717) is 6.42 Å². The average molecular weight is 366 g/mol. The van der Waals surface area contributed by atoms with Crippen LogP contribution in [0.3, 0.4) is 0 Å². The summed E-state index contributed by atoms with van der Waals surface area (Å²) in [7, 11) is 0. The zero-order valence-corrected chi connectivity index (χ0v) is 14.7. The molecule has 0 radical (unpaired) electrons. The molecule has 1 saturated heterocycles. The molecule has 0 aromatic heterocycles. The van der Waals surface area contributed by atoms with Crippen LogP contribution < -0.4 is 5.32 Å². The zero-order valence-electron chi connectivity index (χ0n) is 14.7. The molecular weight excluding hydrogens is 340 g/mol. The van der Waals surface area contributed by atoms with Crippen molar-refractivity contribution in [3.05, 3.63) is 35.9 Å². The molecule has 0 spiro atoms. The summed E-state index contributed by atoms with van der Waals surface area (Å²) in [6, 6.07) is 7.13. The second-order valence-corrected chi connectivity index (χ2v) is 6.37. The van der Waals surface area contributed by atoms with E-state index < -0.39 is 48.8 Å². The molecule has 1 aliphatic heterocycles. The van der Waals surface area contributed by atoms with Crippen LogP contribution in [0.4, 0.5) is 0 Å². The summed E-state index contributed by atoms with van der Waals surface area (Å²) in [5.41, 5.74) is 0.971. The molecule has 144 valence electrons. The maximum Gasteiger partial charge on any atom is 0.249 e. The first-order chi connectivity index (χ1) is 12.4. The maximum absolute atomic E-state index is 12.7. The number of imide groups is 1.